The van der Waals surface area contributed by atoms with Crippen LogP contribution in [0.5, 0.6) is 0 Å². The Kier molecular flexibility index (Phi) is 6.17. The molecule has 0 radical (unpaired) electrons. The quantitative estimate of drug-likeness (QED) is 0.289. The van der Waals surface area contributed by atoms with Crippen molar-refractivity contribution in [1.29, 1.82) is 0 Å². The first-order chi connectivity index (χ1) is 15.1. The smallest absolute Gasteiger partial charge is 0.0956 e. The molecule has 2 aromatic carbocycles. The maximum atomic E-state index is 10.1. The maximum absolute atomic E-state index is 10.1. The fourth-order valence-electron chi connectivity index (χ4n) is 6.08. The van der Waals surface area contributed by atoms with Crippen molar-refractivity contribution >= 4 is 11.4 Å². The minimum absolute atomic E-state index is 0.0242. The van der Waals surface area contributed by atoms with Crippen LogP contribution in [0.25, 0.3) is 11.1 Å². The monoisotopic (exact) mass is 418 g/mol. The van der Waals surface area contributed by atoms with Crippen molar-refractivity contribution in [3.63, 3.8) is 0 Å². The largest absolute Gasteiger partial charge is 0.411 e. The van der Waals surface area contributed by atoms with Crippen LogP contribution >= 0.6 is 0 Å². The predicted octanol–water partition coefficient (Wildman–Crippen LogP) is 7.00. The van der Waals surface area contributed by atoms with E-state index in [9.17, 15) is 10.4 Å². The average Bonchev–Trinajstić information content (AvgIpc) is 3.42. The molecule has 0 aliphatic heterocycles. The summed E-state index contributed by atoms with van der Waals surface area (Å²) >= 11 is 0. The van der Waals surface area contributed by atoms with Gasteiger partial charge >= 0.3 is 0 Å². The lowest BCUT2D eigenvalue weighted by Gasteiger charge is -2.30. The standard InChI is InChI=1S/C27H34N2O2/c1-4-27(5-2)24-13-9-8-12-21(24)22-15-14-20(17-25(22)27)26(29-31)23(18(3)28-30)16-19-10-6-7-11-19/h8-9,12-15,17,19,23,30-31H,4-7,10-11,16H2,1-3H3/b28-18+,29-26+. The van der Waals surface area contributed by atoms with Crippen LogP contribution in [0, 0.1) is 11.8 Å². The zero-order chi connectivity index (χ0) is 22.0. The van der Waals surface area contributed by atoms with E-state index in [1.54, 1.807) is 0 Å². The van der Waals surface area contributed by atoms with Crippen LogP contribution in [0.4, 0.5) is 0 Å². The molecule has 0 aromatic heterocycles. The molecule has 31 heavy (non-hydrogen) atoms. The average molecular weight is 419 g/mol. The highest BCUT2D eigenvalue weighted by Gasteiger charge is 2.41. The van der Waals surface area contributed by atoms with Crippen LogP contribution < -0.4 is 0 Å². The Morgan fingerprint density at radius 2 is 1.65 bits per heavy atom. The molecule has 164 valence electrons. The van der Waals surface area contributed by atoms with Crippen molar-refractivity contribution in [3.8, 4) is 11.1 Å². The Balaban J connectivity index is 1.79. The first-order valence-corrected chi connectivity index (χ1v) is 11.7. The molecule has 1 unspecified atom stereocenters. The van der Waals surface area contributed by atoms with Crippen molar-refractivity contribution in [2.75, 3.05) is 0 Å². The lowest BCUT2D eigenvalue weighted by atomic mass is 9.73. The molecule has 4 heteroatoms. The molecule has 0 heterocycles. The van der Waals surface area contributed by atoms with Crippen molar-refractivity contribution in [2.45, 2.75) is 71.1 Å². The second-order valence-corrected chi connectivity index (χ2v) is 9.26. The van der Waals surface area contributed by atoms with Gasteiger partial charge in [-0.2, -0.15) is 0 Å². The summed E-state index contributed by atoms with van der Waals surface area (Å²) in [5.41, 5.74) is 7.42. The number of fused-ring (bicyclic) bond motifs is 3. The van der Waals surface area contributed by atoms with Crippen LogP contribution in [0.3, 0.4) is 0 Å². The lowest BCUT2D eigenvalue weighted by molar-refractivity contribution is 0.309. The molecule has 4 rings (SSSR count). The molecule has 2 aliphatic carbocycles. The normalized spacial score (nSPS) is 19.3. The van der Waals surface area contributed by atoms with Crippen molar-refractivity contribution in [1.82, 2.24) is 0 Å². The highest BCUT2D eigenvalue weighted by atomic mass is 16.4. The summed E-state index contributed by atoms with van der Waals surface area (Å²) in [6.45, 7) is 6.35. The Morgan fingerprint density at radius 3 is 2.29 bits per heavy atom. The molecule has 2 aliphatic rings. The molecule has 2 N–H and O–H groups in total. The summed E-state index contributed by atoms with van der Waals surface area (Å²) in [6.07, 6.45) is 7.80. The molecular formula is C27H34N2O2. The lowest BCUT2D eigenvalue weighted by Crippen LogP contribution is -2.27. The molecule has 0 saturated heterocycles. The fraction of sp³-hybridized carbons (Fsp3) is 0.481. The highest BCUT2D eigenvalue weighted by Crippen LogP contribution is 2.52. The van der Waals surface area contributed by atoms with E-state index in [1.165, 1.54) is 47.9 Å². The fourth-order valence-corrected chi connectivity index (χ4v) is 6.08. The van der Waals surface area contributed by atoms with Gasteiger partial charge in [0.1, 0.15) is 0 Å². The minimum Gasteiger partial charge on any atom is -0.411 e. The van der Waals surface area contributed by atoms with Gasteiger partial charge in [-0.25, -0.2) is 0 Å². The van der Waals surface area contributed by atoms with E-state index in [1.807, 2.05) is 6.92 Å². The zero-order valence-electron chi connectivity index (χ0n) is 18.9. The number of oxime groups is 2. The topological polar surface area (TPSA) is 65.2 Å². The van der Waals surface area contributed by atoms with Crippen molar-refractivity contribution in [3.05, 3.63) is 59.2 Å². The first kappa shape index (κ1) is 21.6. The number of hydrogen-bond acceptors (Lipinski definition) is 4. The molecule has 0 bridgehead atoms. The Bertz CT molecular complexity index is 998. The van der Waals surface area contributed by atoms with Gasteiger partial charge in [0.05, 0.1) is 11.4 Å². The van der Waals surface area contributed by atoms with Crippen LogP contribution in [0.2, 0.25) is 0 Å². The summed E-state index contributed by atoms with van der Waals surface area (Å²) in [4.78, 5) is 0. The van der Waals surface area contributed by atoms with Crippen LogP contribution in [-0.2, 0) is 5.41 Å². The molecule has 0 amide bonds. The summed E-state index contributed by atoms with van der Waals surface area (Å²) in [5, 5.41) is 26.9. The predicted molar refractivity (Wildman–Crippen MR) is 127 cm³/mol. The third kappa shape index (κ3) is 3.56. The number of hydrogen-bond donors (Lipinski definition) is 2. The number of rotatable bonds is 7. The van der Waals surface area contributed by atoms with E-state index in [2.05, 4.69) is 66.6 Å². The van der Waals surface area contributed by atoms with Gasteiger partial charge in [0.15, 0.2) is 0 Å². The number of benzene rings is 2. The molecule has 2 aromatic rings. The first-order valence-electron chi connectivity index (χ1n) is 11.7. The van der Waals surface area contributed by atoms with E-state index < -0.39 is 0 Å². The Morgan fingerprint density at radius 1 is 0.968 bits per heavy atom. The van der Waals surface area contributed by atoms with Gasteiger partial charge in [-0.1, -0.05) is 86.2 Å². The molecule has 1 atom stereocenters. The Hall–Kier alpha value is -2.62. The van der Waals surface area contributed by atoms with Gasteiger partial charge in [0, 0.05) is 16.9 Å². The molecule has 1 fully saturated rings. The van der Waals surface area contributed by atoms with E-state index in [0.29, 0.717) is 17.3 Å². The minimum atomic E-state index is -0.183. The molecule has 1 saturated carbocycles. The number of nitrogens with zero attached hydrogens (tertiary/aromatic N) is 2. The summed E-state index contributed by atoms with van der Waals surface area (Å²) < 4.78 is 0. The van der Waals surface area contributed by atoms with Gasteiger partial charge in [0.2, 0.25) is 0 Å². The SMILES string of the molecule is CCC1(CC)c2ccccc2-c2ccc(/C(=N\O)C(CC3CCCC3)/C(C)=N/O)cc21. The van der Waals surface area contributed by atoms with Crippen LogP contribution in [0.15, 0.2) is 52.8 Å². The summed E-state index contributed by atoms with van der Waals surface area (Å²) in [5.74, 6) is 0.403. The van der Waals surface area contributed by atoms with E-state index in [-0.39, 0.29) is 11.3 Å². The van der Waals surface area contributed by atoms with Crippen LogP contribution in [0.1, 0.15) is 82.4 Å². The second-order valence-electron chi connectivity index (χ2n) is 9.26. The van der Waals surface area contributed by atoms with Crippen LogP contribution in [-0.4, -0.2) is 21.8 Å². The third-order valence-corrected chi connectivity index (χ3v) is 7.91. The van der Waals surface area contributed by atoms with Gasteiger partial charge in [0.25, 0.3) is 0 Å². The second kappa shape index (κ2) is 8.86. The highest BCUT2D eigenvalue weighted by molar-refractivity contribution is 6.14. The van der Waals surface area contributed by atoms with E-state index in [4.69, 9.17) is 0 Å². The zero-order valence-corrected chi connectivity index (χ0v) is 18.9. The van der Waals surface area contributed by atoms with E-state index >= 15 is 0 Å². The van der Waals surface area contributed by atoms with E-state index in [0.717, 1.165) is 24.8 Å². The van der Waals surface area contributed by atoms with Crippen molar-refractivity contribution < 1.29 is 10.4 Å². The van der Waals surface area contributed by atoms with Crippen molar-refractivity contribution in [2.24, 2.45) is 22.1 Å². The summed E-state index contributed by atoms with van der Waals surface area (Å²) in [7, 11) is 0. The third-order valence-electron chi connectivity index (χ3n) is 7.91. The van der Waals surface area contributed by atoms with Gasteiger partial charge in [-0.3, -0.25) is 0 Å². The molecule has 0 spiro atoms. The van der Waals surface area contributed by atoms with Gasteiger partial charge < -0.3 is 10.4 Å². The molecule has 4 nitrogen and oxygen atoms in total. The summed E-state index contributed by atoms with van der Waals surface area (Å²) in [6, 6.07) is 15.2. The maximum Gasteiger partial charge on any atom is 0.0956 e. The Labute approximate surface area is 185 Å². The molecular weight excluding hydrogens is 384 g/mol. The van der Waals surface area contributed by atoms with Gasteiger partial charge in [-0.05, 0) is 60.4 Å². The van der Waals surface area contributed by atoms with Gasteiger partial charge in [-0.15, -0.1) is 0 Å².